The molecule has 1 aromatic carbocycles. The van der Waals surface area contributed by atoms with E-state index in [1.807, 2.05) is 0 Å². The molecule has 0 saturated carbocycles. The van der Waals surface area contributed by atoms with Gasteiger partial charge in [0.15, 0.2) is 11.6 Å². The van der Waals surface area contributed by atoms with Gasteiger partial charge in [0.25, 0.3) is 0 Å². The van der Waals surface area contributed by atoms with Gasteiger partial charge >= 0.3 is 5.97 Å². The van der Waals surface area contributed by atoms with Gasteiger partial charge in [0, 0.05) is 0 Å². The third kappa shape index (κ3) is 3.40. The fourth-order valence-electron chi connectivity index (χ4n) is 1.25. The van der Waals surface area contributed by atoms with Crippen LogP contribution in [-0.2, 0) is 14.8 Å². The smallest absolute Gasteiger partial charge is 0.339 e. The van der Waals surface area contributed by atoms with Crippen LogP contribution in [0, 0.1) is 11.6 Å². The first-order chi connectivity index (χ1) is 8.70. The van der Waals surface area contributed by atoms with Crippen molar-refractivity contribution in [2.45, 2.75) is 18.2 Å². The first-order valence-electron chi connectivity index (χ1n) is 5.07. The normalized spacial score (nSPS) is 11.4. The molecule has 0 atom stereocenters. The number of hydrogen-bond donors (Lipinski definition) is 1. The number of nitrogens with two attached hydrogens (primary N) is 1. The number of benzene rings is 1. The van der Waals surface area contributed by atoms with Crippen LogP contribution in [0.25, 0.3) is 0 Å². The summed E-state index contributed by atoms with van der Waals surface area (Å²) in [4.78, 5) is 10.3. The fourth-order valence-corrected chi connectivity index (χ4v) is 2.50. The monoisotopic (exact) mass is 313 g/mol. The van der Waals surface area contributed by atoms with E-state index in [1.165, 1.54) is 0 Å². The molecule has 0 radical (unpaired) electrons. The zero-order valence-corrected chi connectivity index (χ0v) is 11.3. The van der Waals surface area contributed by atoms with E-state index in [9.17, 15) is 22.0 Å². The van der Waals surface area contributed by atoms with Crippen molar-refractivity contribution in [1.82, 2.24) is 0 Å². The van der Waals surface area contributed by atoms with Crippen LogP contribution in [-0.4, -0.2) is 21.0 Å². The van der Waals surface area contributed by atoms with Crippen molar-refractivity contribution in [2.75, 3.05) is 6.61 Å². The molecule has 0 heterocycles. The van der Waals surface area contributed by atoms with Crippen molar-refractivity contribution in [3.8, 4) is 0 Å². The quantitative estimate of drug-likeness (QED) is 0.678. The Bertz CT molecular complexity index is 618. The van der Waals surface area contributed by atoms with Crippen LogP contribution in [0.1, 0.15) is 23.7 Å². The van der Waals surface area contributed by atoms with Crippen LogP contribution in [0.15, 0.2) is 11.0 Å². The van der Waals surface area contributed by atoms with Gasteiger partial charge in [-0.05, 0) is 12.5 Å². The van der Waals surface area contributed by atoms with Crippen molar-refractivity contribution >= 4 is 27.6 Å². The lowest BCUT2D eigenvalue weighted by Crippen LogP contribution is -2.18. The molecule has 0 spiro atoms. The Morgan fingerprint density at radius 2 is 2.05 bits per heavy atom. The maximum Gasteiger partial charge on any atom is 0.339 e. The predicted octanol–water partition coefficient (Wildman–Crippen LogP) is 1.83. The number of carbonyl (C=O) groups is 1. The molecule has 0 aromatic heterocycles. The molecule has 1 rings (SSSR count). The zero-order chi connectivity index (χ0) is 14.8. The highest BCUT2D eigenvalue weighted by Gasteiger charge is 2.28. The van der Waals surface area contributed by atoms with Crippen LogP contribution < -0.4 is 5.14 Å². The van der Waals surface area contributed by atoms with E-state index in [-0.39, 0.29) is 6.61 Å². The van der Waals surface area contributed by atoms with Gasteiger partial charge in [0.05, 0.1) is 17.2 Å². The summed E-state index contributed by atoms with van der Waals surface area (Å²) in [5.74, 6) is -4.35. The average Bonchev–Trinajstić information content (AvgIpc) is 2.29. The molecule has 0 fully saturated rings. The largest absolute Gasteiger partial charge is 0.462 e. The highest BCUT2D eigenvalue weighted by atomic mass is 35.5. The Kier molecular flexibility index (Phi) is 4.83. The van der Waals surface area contributed by atoms with E-state index in [0.29, 0.717) is 12.5 Å². The summed E-state index contributed by atoms with van der Waals surface area (Å²) in [5.41, 5.74) is -0.599. The fraction of sp³-hybridized carbons (Fsp3) is 0.300. The van der Waals surface area contributed by atoms with Gasteiger partial charge in [0.1, 0.15) is 4.90 Å². The maximum atomic E-state index is 13.4. The lowest BCUT2D eigenvalue weighted by molar-refractivity contribution is 0.0504. The van der Waals surface area contributed by atoms with Crippen LogP contribution in [0.5, 0.6) is 0 Å². The van der Waals surface area contributed by atoms with Crippen molar-refractivity contribution in [2.24, 2.45) is 5.14 Å². The number of ether oxygens (including phenoxy) is 1. The molecular weight excluding hydrogens is 304 g/mol. The van der Waals surface area contributed by atoms with Gasteiger partial charge in [-0.1, -0.05) is 18.5 Å². The third-order valence-corrected chi connectivity index (χ3v) is 3.51. The van der Waals surface area contributed by atoms with Crippen LogP contribution in [0.4, 0.5) is 8.78 Å². The summed E-state index contributed by atoms with van der Waals surface area (Å²) in [5, 5.41) is 3.92. The number of primary sulfonamides is 1. The first-order valence-corrected chi connectivity index (χ1v) is 7.00. The standard InChI is InChI=1S/C10H10ClF2NO4S/c1-2-3-18-10(15)5-4-6(12)8(13)9(7(5)11)19(14,16)17/h4H,2-3H2,1H3,(H2,14,16,17). The number of sulfonamides is 1. The Morgan fingerprint density at radius 3 is 2.53 bits per heavy atom. The lowest BCUT2D eigenvalue weighted by atomic mass is 10.2. The number of hydrogen-bond acceptors (Lipinski definition) is 4. The molecule has 2 N–H and O–H groups in total. The van der Waals surface area contributed by atoms with Crippen molar-refractivity contribution in [3.05, 3.63) is 28.3 Å². The first kappa shape index (κ1) is 15.8. The van der Waals surface area contributed by atoms with Crippen molar-refractivity contribution < 1.29 is 26.7 Å². The molecule has 0 aliphatic carbocycles. The van der Waals surface area contributed by atoms with Crippen LogP contribution in [0.2, 0.25) is 5.02 Å². The highest BCUT2D eigenvalue weighted by molar-refractivity contribution is 7.89. The molecule has 5 nitrogen and oxygen atoms in total. The molecule has 0 aliphatic rings. The predicted molar refractivity (Wildman–Crippen MR) is 63.3 cm³/mol. The van der Waals surface area contributed by atoms with E-state index in [1.54, 1.807) is 6.92 Å². The summed E-state index contributed by atoms with van der Waals surface area (Å²) in [6.07, 6.45) is 0.495. The molecule has 0 bridgehead atoms. The molecular formula is C10H10ClF2NO4S. The molecule has 0 saturated heterocycles. The Labute approximate surface area is 113 Å². The number of carbonyl (C=O) groups excluding carboxylic acids is 1. The average molecular weight is 314 g/mol. The molecule has 1 aromatic rings. The van der Waals surface area contributed by atoms with E-state index in [0.717, 1.165) is 0 Å². The molecule has 19 heavy (non-hydrogen) atoms. The Morgan fingerprint density at radius 1 is 1.47 bits per heavy atom. The Balaban J connectivity index is 3.45. The number of rotatable bonds is 4. The molecule has 0 aliphatic heterocycles. The second-order valence-electron chi connectivity index (χ2n) is 3.54. The van der Waals surface area contributed by atoms with E-state index >= 15 is 0 Å². The van der Waals surface area contributed by atoms with Gasteiger partial charge in [0.2, 0.25) is 10.0 Å². The van der Waals surface area contributed by atoms with E-state index in [4.69, 9.17) is 16.7 Å². The van der Waals surface area contributed by atoms with Gasteiger partial charge < -0.3 is 4.74 Å². The minimum atomic E-state index is -4.62. The molecule has 106 valence electrons. The summed E-state index contributed by atoms with van der Waals surface area (Å²) in [6, 6.07) is 0.463. The summed E-state index contributed by atoms with van der Waals surface area (Å²) < 4.78 is 53.6. The second kappa shape index (κ2) is 5.81. The van der Waals surface area contributed by atoms with Crippen LogP contribution >= 0.6 is 11.6 Å². The third-order valence-electron chi connectivity index (χ3n) is 2.06. The van der Waals surface area contributed by atoms with Crippen LogP contribution in [0.3, 0.4) is 0 Å². The maximum absolute atomic E-state index is 13.4. The van der Waals surface area contributed by atoms with Gasteiger partial charge in [-0.2, -0.15) is 0 Å². The lowest BCUT2D eigenvalue weighted by Gasteiger charge is -2.09. The van der Waals surface area contributed by atoms with Gasteiger partial charge in [-0.15, -0.1) is 0 Å². The summed E-state index contributed by atoms with van der Waals surface area (Å²) in [7, 11) is -4.62. The highest BCUT2D eigenvalue weighted by Crippen LogP contribution is 2.29. The Hall–Kier alpha value is -1.25. The number of halogens is 3. The topological polar surface area (TPSA) is 86.5 Å². The molecule has 0 amide bonds. The minimum Gasteiger partial charge on any atom is -0.462 e. The molecule has 0 unspecified atom stereocenters. The second-order valence-corrected chi connectivity index (χ2v) is 5.42. The summed E-state index contributed by atoms with van der Waals surface area (Å²) >= 11 is 5.58. The van der Waals surface area contributed by atoms with Gasteiger partial charge in [-0.3, -0.25) is 0 Å². The molecule has 9 heteroatoms. The summed E-state index contributed by atoms with van der Waals surface area (Å²) in [6.45, 7) is 1.74. The van der Waals surface area contributed by atoms with Gasteiger partial charge in [-0.25, -0.2) is 27.1 Å². The van der Waals surface area contributed by atoms with E-state index in [2.05, 4.69) is 4.74 Å². The minimum absolute atomic E-state index is 0.0267. The SMILES string of the molecule is CCCOC(=O)c1cc(F)c(F)c(S(N)(=O)=O)c1Cl. The van der Waals surface area contributed by atoms with E-state index < -0.39 is 43.1 Å². The number of esters is 1. The van der Waals surface area contributed by atoms with Crippen molar-refractivity contribution in [3.63, 3.8) is 0 Å². The van der Waals surface area contributed by atoms with Crippen molar-refractivity contribution in [1.29, 1.82) is 0 Å². The zero-order valence-electron chi connectivity index (χ0n) is 9.74.